The molecule has 0 spiro atoms. The van der Waals surface area contributed by atoms with Crippen LogP contribution in [0.15, 0.2) is 24.3 Å². The molecule has 0 aromatic heterocycles. The first kappa shape index (κ1) is 18.1. The summed E-state index contributed by atoms with van der Waals surface area (Å²) in [6, 6.07) is 6.88. The number of Topliss-reactive ketones (excluding diaryl/α,β-unsaturated/α-hetero) is 1. The summed E-state index contributed by atoms with van der Waals surface area (Å²) in [6.07, 6.45) is 0. The molecule has 1 rings (SSSR count). The van der Waals surface area contributed by atoms with Crippen LogP contribution < -0.4 is 5.32 Å². The summed E-state index contributed by atoms with van der Waals surface area (Å²) in [5, 5.41) is 14.1. The number of ketones is 1. The van der Waals surface area contributed by atoms with Gasteiger partial charge in [-0.1, -0.05) is 51.4 Å². The van der Waals surface area contributed by atoms with Gasteiger partial charge in [-0.2, -0.15) is 0 Å². The number of hydrogen-bond donors (Lipinski definition) is 2. The summed E-state index contributed by atoms with van der Waals surface area (Å²) in [6.45, 7) is 9.50. The van der Waals surface area contributed by atoms with Crippen LogP contribution in [0.5, 0.6) is 0 Å². The fourth-order valence-corrected chi connectivity index (χ4v) is 1.63. The van der Waals surface area contributed by atoms with E-state index in [4.69, 9.17) is 11.6 Å². The van der Waals surface area contributed by atoms with Gasteiger partial charge in [-0.3, -0.25) is 4.79 Å². The molecule has 1 unspecified atom stereocenters. The number of benzene rings is 1. The third-order valence-electron chi connectivity index (χ3n) is 2.67. The third-order valence-corrected chi connectivity index (χ3v) is 2.92. The Balaban J connectivity index is 0.00000154. The highest BCUT2D eigenvalue weighted by atomic mass is 35.5. The second kappa shape index (κ2) is 8.31. The highest BCUT2D eigenvalue weighted by Gasteiger charge is 2.34. The topological polar surface area (TPSA) is 49.3 Å². The van der Waals surface area contributed by atoms with Gasteiger partial charge in [-0.25, -0.2) is 0 Å². The van der Waals surface area contributed by atoms with Gasteiger partial charge in [-0.05, 0) is 24.6 Å². The van der Waals surface area contributed by atoms with E-state index in [1.165, 1.54) is 6.92 Å². The quantitative estimate of drug-likeness (QED) is 0.874. The molecule has 0 radical (unpaired) electrons. The SMILES string of the molecule is CC.CC(=O)C(O)(CNC(C)C)c1ccc(Cl)cc1. The fraction of sp³-hybridized carbons (Fsp3) is 0.533. The molecule has 3 nitrogen and oxygen atoms in total. The third kappa shape index (κ3) is 5.31. The van der Waals surface area contributed by atoms with Crippen LogP contribution >= 0.6 is 11.6 Å². The Labute approximate surface area is 121 Å². The van der Waals surface area contributed by atoms with Crippen LogP contribution in [0.1, 0.15) is 40.2 Å². The average molecular weight is 286 g/mol. The van der Waals surface area contributed by atoms with Crippen molar-refractivity contribution in [3.05, 3.63) is 34.9 Å². The monoisotopic (exact) mass is 285 g/mol. The normalized spacial score (nSPS) is 13.5. The van der Waals surface area contributed by atoms with Crippen molar-refractivity contribution in [2.75, 3.05) is 6.54 Å². The molecular formula is C15H24ClNO2. The molecule has 0 aliphatic rings. The molecule has 0 amide bonds. The zero-order valence-corrected chi connectivity index (χ0v) is 13.1. The summed E-state index contributed by atoms with van der Waals surface area (Å²) in [4.78, 5) is 11.6. The van der Waals surface area contributed by atoms with E-state index in [1.807, 2.05) is 27.7 Å². The number of nitrogens with one attached hydrogen (secondary N) is 1. The van der Waals surface area contributed by atoms with Gasteiger partial charge in [0.25, 0.3) is 0 Å². The van der Waals surface area contributed by atoms with Crippen LogP contribution in [0.2, 0.25) is 5.02 Å². The molecule has 0 saturated carbocycles. The van der Waals surface area contributed by atoms with Crippen LogP contribution in [0.3, 0.4) is 0 Å². The lowest BCUT2D eigenvalue weighted by Crippen LogP contribution is -2.45. The van der Waals surface area contributed by atoms with Gasteiger partial charge in [0, 0.05) is 17.6 Å². The highest BCUT2D eigenvalue weighted by Crippen LogP contribution is 2.23. The van der Waals surface area contributed by atoms with E-state index < -0.39 is 5.60 Å². The second-order valence-electron chi connectivity index (χ2n) is 4.46. The summed E-state index contributed by atoms with van der Waals surface area (Å²) in [5.41, 5.74) is -0.933. The lowest BCUT2D eigenvalue weighted by Gasteiger charge is -2.27. The maximum atomic E-state index is 11.6. The molecule has 2 N–H and O–H groups in total. The van der Waals surface area contributed by atoms with Crippen LogP contribution in [-0.4, -0.2) is 23.5 Å². The first-order valence-electron chi connectivity index (χ1n) is 6.59. The predicted octanol–water partition coefficient (Wildman–Crippen LogP) is 3.14. The predicted molar refractivity (Wildman–Crippen MR) is 80.5 cm³/mol. The maximum Gasteiger partial charge on any atom is 0.167 e. The number of hydrogen-bond acceptors (Lipinski definition) is 3. The van der Waals surface area contributed by atoms with Crippen molar-refractivity contribution in [1.82, 2.24) is 5.32 Å². The van der Waals surface area contributed by atoms with Gasteiger partial charge < -0.3 is 10.4 Å². The first-order valence-corrected chi connectivity index (χ1v) is 6.97. The van der Waals surface area contributed by atoms with Gasteiger partial charge in [-0.15, -0.1) is 0 Å². The van der Waals surface area contributed by atoms with Gasteiger partial charge in [0.1, 0.15) is 0 Å². The Morgan fingerprint density at radius 3 is 2.16 bits per heavy atom. The van der Waals surface area contributed by atoms with E-state index in [0.29, 0.717) is 10.6 Å². The standard InChI is InChI=1S/C13H18ClNO2.C2H6/c1-9(2)15-8-13(17,10(3)16)11-4-6-12(14)7-5-11;1-2/h4-7,9,15,17H,8H2,1-3H3;1-2H3. The largest absolute Gasteiger partial charge is 0.376 e. The van der Waals surface area contributed by atoms with E-state index in [1.54, 1.807) is 24.3 Å². The van der Waals surface area contributed by atoms with Crippen molar-refractivity contribution >= 4 is 17.4 Å². The molecular weight excluding hydrogens is 262 g/mol. The van der Waals surface area contributed by atoms with E-state index >= 15 is 0 Å². The lowest BCUT2D eigenvalue weighted by atomic mass is 9.90. The molecule has 0 heterocycles. The molecule has 0 aliphatic heterocycles. The highest BCUT2D eigenvalue weighted by molar-refractivity contribution is 6.30. The van der Waals surface area contributed by atoms with Crippen LogP contribution in [0.4, 0.5) is 0 Å². The van der Waals surface area contributed by atoms with Crippen molar-refractivity contribution < 1.29 is 9.90 Å². The number of halogens is 1. The molecule has 0 saturated heterocycles. The van der Waals surface area contributed by atoms with Crippen LogP contribution in [0, 0.1) is 0 Å². The Hall–Kier alpha value is -0.900. The Kier molecular flexibility index (Phi) is 7.91. The van der Waals surface area contributed by atoms with E-state index in [0.717, 1.165) is 0 Å². The molecule has 1 atom stereocenters. The number of carbonyl (C=O) groups excluding carboxylic acids is 1. The molecule has 1 aromatic carbocycles. The van der Waals surface area contributed by atoms with Crippen molar-refractivity contribution in [2.24, 2.45) is 0 Å². The fourth-order valence-electron chi connectivity index (χ4n) is 1.51. The first-order chi connectivity index (χ1) is 8.86. The van der Waals surface area contributed by atoms with Crippen LogP contribution in [0.25, 0.3) is 0 Å². The molecule has 0 fully saturated rings. The van der Waals surface area contributed by atoms with Crippen molar-refractivity contribution in [1.29, 1.82) is 0 Å². The minimum absolute atomic E-state index is 0.196. The lowest BCUT2D eigenvalue weighted by molar-refractivity contribution is -0.135. The molecule has 108 valence electrons. The molecule has 4 heteroatoms. The van der Waals surface area contributed by atoms with Crippen molar-refractivity contribution in [3.8, 4) is 0 Å². The summed E-state index contributed by atoms with van der Waals surface area (Å²) < 4.78 is 0. The van der Waals surface area contributed by atoms with Crippen molar-refractivity contribution in [2.45, 2.75) is 46.3 Å². The Morgan fingerprint density at radius 1 is 1.32 bits per heavy atom. The molecule has 1 aromatic rings. The number of rotatable bonds is 5. The van der Waals surface area contributed by atoms with Crippen LogP contribution in [-0.2, 0) is 10.4 Å². The maximum absolute atomic E-state index is 11.6. The Morgan fingerprint density at radius 2 is 1.79 bits per heavy atom. The molecule has 0 bridgehead atoms. The number of carbonyl (C=O) groups is 1. The summed E-state index contributed by atoms with van der Waals surface area (Å²) in [5.74, 6) is -0.284. The van der Waals surface area contributed by atoms with E-state index in [9.17, 15) is 9.90 Å². The minimum atomic E-state index is -1.49. The van der Waals surface area contributed by atoms with E-state index in [2.05, 4.69) is 5.32 Å². The minimum Gasteiger partial charge on any atom is -0.376 e. The zero-order chi connectivity index (χ0) is 15.1. The summed E-state index contributed by atoms with van der Waals surface area (Å²) >= 11 is 5.79. The Bertz CT molecular complexity index is 390. The average Bonchev–Trinajstić information content (AvgIpc) is 2.39. The van der Waals surface area contributed by atoms with Gasteiger partial charge >= 0.3 is 0 Å². The second-order valence-corrected chi connectivity index (χ2v) is 4.90. The smallest absolute Gasteiger partial charge is 0.167 e. The summed E-state index contributed by atoms with van der Waals surface area (Å²) in [7, 11) is 0. The van der Waals surface area contributed by atoms with Gasteiger partial charge in [0.05, 0.1) is 0 Å². The number of aliphatic hydroxyl groups is 1. The van der Waals surface area contributed by atoms with E-state index in [-0.39, 0.29) is 18.4 Å². The van der Waals surface area contributed by atoms with Gasteiger partial charge in [0.2, 0.25) is 0 Å². The van der Waals surface area contributed by atoms with Gasteiger partial charge in [0.15, 0.2) is 11.4 Å². The molecule has 0 aliphatic carbocycles. The van der Waals surface area contributed by atoms with Crippen molar-refractivity contribution in [3.63, 3.8) is 0 Å². The molecule has 19 heavy (non-hydrogen) atoms. The zero-order valence-electron chi connectivity index (χ0n) is 12.3.